The second-order valence-electron chi connectivity index (χ2n) is 7.33. The molecule has 0 unspecified atom stereocenters. The Hall–Kier alpha value is -3.87. The molecule has 32 heavy (non-hydrogen) atoms. The lowest BCUT2D eigenvalue weighted by Gasteiger charge is -2.12. The largest absolute Gasteiger partial charge is 0.494 e. The minimum Gasteiger partial charge on any atom is -0.494 e. The molecule has 2 heterocycles. The maximum Gasteiger partial charge on any atom is 0.191 e. The van der Waals surface area contributed by atoms with Gasteiger partial charge in [-0.3, -0.25) is 4.57 Å². The van der Waals surface area contributed by atoms with E-state index in [2.05, 4.69) is 51.8 Å². The van der Waals surface area contributed by atoms with Crippen LogP contribution in [0.3, 0.4) is 0 Å². The number of nitrogens with zero attached hydrogens (tertiary/aromatic N) is 4. The van der Waals surface area contributed by atoms with Crippen molar-refractivity contribution >= 4 is 16.7 Å². The third kappa shape index (κ3) is 5.85. The van der Waals surface area contributed by atoms with E-state index in [0.29, 0.717) is 13.2 Å². The number of hydrogen-bond donors (Lipinski definition) is 2. The van der Waals surface area contributed by atoms with Gasteiger partial charge in [0.15, 0.2) is 5.96 Å². The summed E-state index contributed by atoms with van der Waals surface area (Å²) < 4.78 is 7.80. The number of aliphatic imine (C=N–C) groups is 1. The van der Waals surface area contributed by atoms with Gasteiger partial charge >= 0.3 is 0 Å². The topological polar surface area (TPSA) is 76.4 Å². The molecule has 4 aromatic rings. The summed E-state index contributed by atoms with van der Waals surface area (Å²) in [4.78, 5) is 13.2. The van der Waals surface area contributed by atoms with Crippen molar-refractivity contribution in [2.24, 2.45) is 4.99 Å². The number of rotatable bonds is 9. The predicted molar refractivity (Wildman–Crippen MR) is 128 cm³/mol. The highest BCUT2D eigenvalue weighted by atomic mass is 16.5. The molecule has 7 heteroatoms. The molecule has 2 aromatic heterocycles. The highest BCUT2D eigenvalue weighted by molar-refractivity contribution is 5.83. The number of ether oxygens (including phenoxy) is 1. The van der Waals surface area contributed by atoms with Crippen molar-refractivity contribution in [3.63, 3.8) is 0 Å². The summed E-state index contributed by atoms with van der Waals surface area (Å²) in [7, 11) is 0. The highest BCUT2D eigenvalue weighted by Crippen LogP contribution is 2.20. The molecule has 0 saturated heterocycles. The summed E-state index contributed by atoms with van der Waals surface area (Å²) in [6.07, 6.45) is 8.02. The molecule has 0 aliphatic rings. The maximum atomic E-state index is 5.92. The minimum atomic E-state index is 0.563. The third-order valence-electron chi connectivity index (χ3n) is 4.95. The molecule has 2 N–H and O–H groups in total. The first-order valence-corrected chi connectivity index (χ1v) is 10.9. The van der Waals surface area contributed by atoms with E-state index in [4.69, 9.17) is 9.73 Å². The van der Waals surface area contributed by atoms with Gasteiger partial charge in [0, 0.05) is 31.7 Å². The molecule has 0 spiro atoms. The summed E-state index contributed by atoms with van der Waals surface area (Å²) in [6.45, 7) is 4.84. The molecule has 0 radical (unpaired) electrons. The standard InChI is InChI=1S/C25H28N6O/c1-2-27-25(30-18-20-10-12-28-24(16-20)31-14-13-26-19-31)29-11-5-15-32-23-9-8-21-6-3-4-7-22(21)17-23/h3-4,6-10,12-14,16-17,19H,2,5,11,15,18H2,1H3,(H2,27,29,30). The van der Waals surface area contributed by atoms with E-state index in [-0.39, 0.29) is 0 Å². The van der Waals surface area contributed by atoms with Gasteiger partial charge in [-0.2, -0.15) is 0 Å². The van der Waals surface area contributed by atoms with Crippen molar-refractivity contribution in [3.8, 4) is 11.6 Å². The van der Waals surface area contributed by atoms with Crippen LogP contribution in [0.25, 0.3) is 16.6 Å². The average Bonchev–Trinajstić information content (AvgIpc) is 3.37. The zero-order valence-corrected chi connectivity index (χ0v) is 18.2. The van der Waals surface area contributed by atoms with E-state index < -0.39 is 0 Å². The van der Waals surface area contributed by atoms with Gasteiger partial charge in [-0.15, -0.1) is 0 Å². The van der Waals surface area contributed by atoms with E-state index in [1.807, 2.05) is 41.1 Å². The van der Waals surface area contributed by atoms with Crippen LogP contribution in [0, 0.1) is 0 Å². The molecule has 0 saturated carbocycles. The van der Waals surface area contributed by atoms with Crippen LogP contribution in [0.2, 0.25) is 0 Å². The van der Waals surface area contributed by atoms with Gasteiger partial charge in [0.1, 0.15) is 17.9 Å². The Morgan fingerprint density at radius 2 is 1.94 bits per heavy atom. The summed E-state index contributed by atoms with van der Waals surface area (Å²) in [6, 6.07) is 18.5. The molecule has 0 bridgehead atoms. The van der Waals surface area contributed by atoms with Gasteiger partial charge in [-0.1, -0.05) is 30.3 Å². The summed E-state index contributed by atoms with van der Waals surface area (Å²) in [5.74, 6) is 2.52. The van der Waals surface area contributed by atoms with Gasteiger partial charge in [0.2, 0.25) is 0 Å². The Morgan fingerprint density at radius 1 is 1.03 bits per heavy atom. The third-order valence-corrected chi connectivity index (χ3v) is 4.95. The molecule has 0 aliphatic carbocycles. The number of guanidine groups is 1. The maximum absolute atomic E-state index is 5.92. The average molecular weight is 429 g/mol. The van der Waals surface area contributed by atoms with E-state index in [1.165, 1.54) is 10.8 Å². The molecule has 0 atom stereocenters. The molecule has 2 aromatic carbocycles. The van der Waals surface area contributed by atoms with Crippen LogP contribution in [0.15, 0.2) is 84.5 Å². The lowest BCUT2D eigenvalue weighted by Crippen LogP contribution is -2.38. The zero-order chi connectivity index (χ0) is 22.0. The summed E-state index contributed by atoms with van der Waals surface area (Å²) >= 11 is 0. The number of nitrogens with one attached hydrogen (secondary N) is 2. The quantitative estimate of drug-likeness (QED) is 0.240. The van der Waals surface area contributed by atoms with Gasteiger partial charge in [-0.05, 0) is 53.9 Å². The Balaban J connectivity index is 1.26. The Morgan fingerprint density at radius 3 is 2.78 bits per heavy atom. The van der Waals surface area contributed by atoms with Crippen LogP contribution in [-0.4, -0.2) is 40.2 Å². The number of benzene rings is 2. The van der Waals surface area contributed by atoms with E-state index in [0.717, 1.165) is 42.6 Å². The van der Waals surface area contributed by atoms with Crippen LogP contribution < -0.4 is 15.4 Å². The van der Waals surface area contributed by atoms with Gasteiger partial charge in [-0.25, -0.2) is 15.0 Å². The SMILES string of the molecule is CCNC(=NCc1ccnc(-n2ccnc2)c1)NCCCOc1ccc2ccccc2c1. The molecule has 4 rings (SSSR count). The highest BCUT2D eigenvalue weighted by Gasteiger charge is 2.02. The van der Waals surface area contributed by atoms with Crippen molar-refractivity contribution in [1.82, 2.24) is 25.2 Å². The lowest BCUT2D eigenvalue weighted by atomic mass is 10.1. The van der Waals surface area contributed by atoms with Gasteiger partial charge in [0.05, 0.1) is 13.2 Å². The fourth-order valence-electron chi connectivity index (χ4n) is 3.33. The molecule has 0 fully saturated rings. The molecule has 0 amide bonds. The zero-order valence-electron chi connectivity index (χ0n) is 18.2. The second-order valence-corrected chi connectivity index (χ2v) is 7.33. The predicted octanol–water partition coefficient (Wildman–Crippen LogP) is 3.94. The van der Waals surface area contributed by atoms with E-state index in [1.54, 1.807) is 18.7 Å². The van der Waals surface area contributed by atoms with Crippen molar-refractivity contribution in [2.75, 3.05) is 19.7 Å². The lowest BCUT2D eigenvalue weighted by molar-refractivity contribution is 0.311. The monoisotopic (exact) mass is 428 g/mol. The second kappa shape index (κ2) is 10.9. The number of hydrogen-bond acceptors (Lipinski definition) is 4. The molecular weight excluding hydrogens is 400 g/mol. The minimum absolute atomic E-state index is 0.563. The van der Waals surface area contributed by atoms with Gasteiger partial charge in [0.25, 0.3) is 0 Å². The molecule has 0 aliphatic heterocycles. The van der Waals surface area contributed by atoms with Crippen LogP contribution in [0.5, 0.6) is 5.75 Å². The Bertz CT molecular complexity index is 1160. The first kappa shape index (κ1) is 21.4. The van der Waals surface area contributed by atoms with Crippen LogP contribution in [-0.2, 0) is 6.54 Å². The van der Waals surface area contributed by atoms with Crippen LogP contribution >= 0.6 is 0 Å². The fraction of sp³-hybridized carbons (Fsp3) is 0.240. The Kier molecular flexibility index (Phi) is 7.31. The van der Waals surface area contributed by atoms with E-state index >= 15 is 0 Å². The number of pyridine rings is 1. The normalized spacial score (nSPS) is 11.5. The Labute approximate surface area is 188 Å². The van der Waals surface area contributed by atoms with Crippen molar-refractivity contribution in [1.29, 1.82) is 0 Å². The van der Waals surface area contributed by atoms with Crippen molar-refractivity contribution in [3.05, 3.63) is 85.1 Å². The fourth-order valence-corrected chi connectivity index (χ4v) is 3.33. The summed E-state index contributed by atoms with van der Waals surface area (Å²) in [5.41, 5.74) is 1.08. The van der Waals surface area contributed by atoms with Gasteiger partial charge < -0.3 is 15.4 Å². The van der Waals surface area contributed by atoms with Crippen LogP contribution in [0.4, 0.5) is 0 Å². The first-order chi connectivity index (χ1) is 15.8. The van der Waals surface area contributed by atoms with E-state index in [9.17, 15) is 0 Å². The number of aromatic nitrogens is 3. The smallest absolute Gasteiger partial charge is 0.191 e. The number of fused-ring (bicyclic) bond motifs is 1. The summed E-state index contributed by atoms with van der Waals surface area (Å²) in [5, 5.41) is 9.08. The molecule has 7 nitrogen and oxygen atoms in total. The number of imidazole rings is 1. The molecule has 164 valence electrons. The van der Waals surface area contributed by atoms with Crippen molar-refractivity contribution in [2.45, 2.75) is 19.9 Å². The molecular formula is C25H28N6O. The first-order valence-electron chi connectivity index (χ1n) is 10.9. The van der Waals surface area contributed by atoms with Crippen LogP contribution in [0.1, 0.15) is 18.9 Å². The van der Waals surface area contributed by atoms with Crippen molar-refractivity contribution < 1.29 is 4.74 Å².